The van der Waals surface area contributed by atoms with Crippen molar-refractivity contribution in [3.8, 4) is 0 Å². The van der Waals surface area contributed by atoms with E-state index in [1.165, 1.54) is 25.7 Å². The lowest BCUT2D eigenvalue weighted by Crippen LogP contribution is -2.41. The van der Waals surface area contributed by atoms with Crippen LogP contribution in [0, 0.1) is 0 Å². The van der Waals surface area contributed by atoms with Crippen LogP contribution in [0.1, 0.15) is 72.1 Å². The molecule has 0 radical (unpaired) electrons. The van der Waals surface area contributed by atoms with Crippen molar-refractivity contribution >= 4 is 10.4 Å². The van der Waals surface area contributed by atoms with Crippen molar-refractivity contribution in [2.24, 2.45) is 0 Å². The zero-order valence-electron chi connectivity index (χ0n) is 13.5. The highest BCUT2D eigenvalue weighted by molar-refractivity contribution is 7.80. The van der Waals surface area contributed by atoms with Crippen LogP contribution in [0.15, 0.2) is 0 Å². The van der Waals surface area contributed by atoms with E-state index >= 15 is 0 Å². The molecule has 0 aromatic carbocycles. The van der Waals surface area contributed by atoms with Gasteiger partial charge < -0.3 is 9.47 Å². The van der Waals surface area contributed by atoms with Crippen LogP contribution in [-0.2, 0) is 24.1 Å². The predicted octanol–water partition coefficient (Wildman–Crippen LogP) is 3.67. The van der Waals surface area contributed by atoms with E-state index < -0.39 is 16.4 Å². The van der Waals surface area contributed by atoms with Gasteiger partial charge in [-0.3, -0.25) is 4.55 Å². The van der Waals surface area contributed by atoms with E-state index in [0.29, 0.717) is 6.42 Å². The van der Waals surface area contributed by atoms with Crippen molar-refractivity contribution in [2.75, 3.05) is 13.2 Å². The van der Waals surface area contributed by atoms with Gasteiger partial charge in [-0.25, -0.2) is 0 Å². The third-order valence-corrected chi connectivity index (χ3v) is 3.51. The maximum atomic E-state index is 11.0. The lowest BCUT2D eigenvalue weighted by atomic mass is 10.1. The first-order valence-corrected chi connectivity index (χ1v) is 9.21. The van der Waals surface area contributed by atoms with E-state index in [2.05, 4.69) is 11.1 Å². The number of hydrogen-bond donors (Lipinski definition) is 1. The minimum absolute atomic E-state index is 0.228. The normalized spacial score (nSPS) is 12.8. The molecule has 0 aromatic rings. The molecule has 1 N–H and O–H groups in total. The monoisotopic (exact) mass is 326 g/mol. The van der Waals surface area contributed by atoms with Crippen LogP contribution in [0.4, 0.5) is 0 Å². The average molecular weight is 326 g/mol. The van der Waals surface area contributed by atoms with Crippen LogP contribution in [0.5, 0.6) is 0 Å². The summed E-state index contributed by atoms with van der Waals surface area (Å²) in [5.41, 5.74) is 0. The van der Waals surface area contributed by atoms with Gasteiger partial charge in [0.1, 0.15) is 0 Å². The van der Waals surface area contributed by atoms with Crippen LogP contribution in [0.25, 0.3) is 0 Å². The molecular formula is C14H30O6S. The Labute approximate surface area is 129 Å². The van der Waals surface area contributed by atoms with Crippen molar-refractivity contribution in [2.45, 2.75) is 78.1 Å². The average Bonchev–Trinajstić information content (AvgIpc) is 2.36. The summed E-state index contributed by atoms with van der Waals surface area (Å²) in [6.07, 6.45) is 7.85. The second-order valence-electron chi connectivity index (χ2n) is 4.93. The maximum Gasteiger partial charge on any atom is 0.401 e. The SMILES string of the molecule is CCCCCCCCCC(OCC)(OCC)OS(=O)(=O)O. The summed E-state index contributed by atoms with van der Waals surface area (Å²) in [6, 6.07) is 0. The first kappa shape index (κ1) is 20.8. The Hall–Kier alpha value is -0.210. The Balaban J connectivity index is 4.32. The van der Waals surface area contributed by atoms with Gasteiger partial charge >= 0.3 is 16.4 Å². The minimum atomic E-state index is -4.63. The molecule has 0 bridgehead atoms. The summed E-state index contributed by atoms with van der Waals surface area (Å²) < 4.78 is 46.1. The molecule has 0 aromatic heterocycles. The molecule has 0 rings (SSSR count). The smallest absolute Gasteiger partial charge is 0.327 e. The highest BCUT2D eigenvalue weighted by Gasteiger charge is 2.37. The number of ether oxygens (including phenoxy) is 2. The van der Waals surface area contributed by atoms with Gasteiger partial charge in [-0.15, -0.1) is 0 Å². The van der Waals surface area contributed by atoms with Crippen molar-refractivity contribution in [1.82, 2.24) is 0 Å². The molecule has 0 aliphatic carbocycles. The fraction of sp³-hybridized carbons (Fsp3) is 1.00. The van der Waals surface area contributed by atoms with Gasteiger partial charge in [0.05, 0.1) is 0 Å². The molecule has 0 fully saturated rings. The minimum Gasteiger partial charge on any atom is -0.327 e. The Morgan fingerprint density at radius 1 is 0.857 bits per heavy atom. The first-order valence-electron chi connectivity index (χ1n) is 7.85. The topological polar surface area (TPSA) is 82.1 Å². The summed E-state index contributed by atoms with van der Waals surface area (Å²) >= 11 is 0. The Kier molecular flexibility index (Phi) is 11.3. The van der Waals surface area contributed by atoms with E-state index in [1.54, 1.807) is 13.8 Å². The lowest BCUT2D eigenvalue weighted by molar-refractivity contribution is -0.344. The molecule has 21 heavy (non-hydrogen) atoms. The summed E-state index contributed by atoms with van der Waals surface area (Å²) in [6.45, 7) is 6.06. The molecule has 0 atom stereocenters. The maximum absolute atomic E-state index is 11.0. The number of rotatable bonds is 14. The molecule has 0 heterocycles. The number of hydrogen-bond acceptors (Lipinski definition) is 5. The van der Waals surface area contributed by atoms with E-state index in [4.69, 9.17) is 14.0 Å². The predicted molar refractivity (Wildman–Crippen MR) is 81.2 cm³/mol. The standard InChI is InChI=1S/C14H30O6S/c1-4-7-8-9-10-11-12-13-14(18-5-2,19-6-3)20-21(15,16)17/h4-13H2,1-3H3,(H,15,16,17). The summed E-state index contributed by atoms with van der Waals surface area (Å²) in [7, 11) is -4.63. The Morgan fingerprint density at radius 2 is 1.33 bits per heavy atom. The second-order valence-corrected chi connectivity index (χ2v) is 5.95. The molecule has 7 heteroatoms. The largest absolute Gasteiger partial charge is 0.401 e. The van der Waals surface area contributed by atoms with E-state index in [9.17, 15) is 8.42 Å². The van der Waals surface area contributed by atoms with Gasteiger partial charge in [0.25, 0.3) is 0 Å². The third-order valence-electron chi connectivity index (χ3n) is 3.05. The molecule has 0 saturated heterocycles. The number of unbranched alkanes of at least 4 members (excludes halogenated alkanes) is 6. The van der Waals surface area contributed by atoms with Crippen LogP contribution < -0.4 is 0 Å². The molecule has 0 amide bonds. The summed E-state index contributed by atoms with van der Waals surface area (Å²) in [5.74, 6) is -1.71. The molecule has 0 aliphatic heterocycles. The summed E-state index contributed by atoms with van der Waals surface area (Å²) in [5, 5.41) is 0. The van der Waals surface area contributed by atoms with E-state index in [-0.39, 0.29) is 19.6 Å². The molecule has 0 saturated carbocycles. The molecule has 6 nitrogen and oxygen atoms in total. The van der Waals surface area contributed by atoms with E-state index in [0.717, 1.165) is 12.8 Å². The van der Waals surface area contributed by atoms with Crippen molar-refractivity contribution in [3.05, 3.63) is 0 Å². The van der Waals surface area contributed by atoms with Gasteiger partial charge in [0, 0.05) is 19.6 Å². The highest BCUT2D eigenvalue weighted by Crippen LogP contribution is 2.25. The molecule has 128 valence electrons. The van der Waals surface area contributed by atoms with Crippen LogP contribution in [0.3, 0.4) is 0 Å². The quantitative estimate of drug-likeness (QED) is 0.298. The van der Waals surface area contributed by atoms with Crippen molar-refractivity contribution < 1.29 is 26.6 Å². The zero-order chi connectivity index (χ0) is 16.2. The van der Waals surface area contributed by atoms with Gasteiger partial charge in [-0.05, 0) is 20.3 Å². The van der Waals surface area contributed by atoms with Crippen LogP contribution in [0.2, 0.25) is 0 Å². The van der Waals surface area contributed by atoms with Crippen molar-refractivity contribution in [1.29, 1.82) is 0 Å². The van der Waals surface area contributed by atoms with Crippen LogP contribution in [-0.4, -0.2) is 32.2 Å². The second kappa shape index (κ2) is 11.4. The molecular weight excluding hydrogens is 296 g/mol. The lowest BCUT2D eigenvalue weighted by Gasteiger charge is -2.30. The van der Waals surface area contributed by atoms with Crippen LogP contribution >= 0.6 is 0 Å². The zero-order valence-corrected chi connectivity index (χ0v) is 14.3. The third kappa shape index (κ3) is 11.1. The highest BCUT2D eigenvalue weighted by atomic mass is 32.3. The molecule has 0 aliphatic rings. The molecule has 0 unspecified atom stereocenters. The van der Waals surface area contributed by atoms with Gasteiger partial charge in [0.15, 0.2) is 0 Å². The van der Waals surface area contributed by atoms with Crippen molar-refractivity contribution in [3.63, 3.8) is 0 Å². The fourth-order valence-electron chi connectivity index (χ4n) is 2.17. The van der Waals surface area contributed by atoms with Gasteiger partial charge in [-0.1, -0.05) is 45.4 Å². The summed E-state index contributed by atoms with van der Waals surface area (Å²) in [4.78, 5) is 0. The molecule has 0 spiro atoms. The van der Waals surface area contributed by atoms with Gasteiger partial charge in [0.2, 0.25) is 0 Å². The van der Waals surface area contributed by atoms with Gasteiger partial charge in [-0.2, -0.15) is 12.6 Å². The van der Waals surface area contributed by atoms with E-state index in [1.807, 2.05) is 0 Å². The first-order chi connectivity index (χ1) is 9.89. The Bertz CT molecular complexity index is 335. The fourth-order valence-corrected chi connectivity index (χ4v) is 2.68. The Morgan fingerprint density at radius 3 is 1.76 bits per heavy atom.